The van der Waals surface area contributed by atoms with Gasteiger partial charge in [0.15, 0.2) is 0 Å². The minimum atomic E-state index is 0.806. The first kappa shape index (κ1) is 8.32. The fourth-order valence-electron chi connectivity index (χ4n) is 1.36. The van der Waals surface area contributed by atoms with E-state index in [-0.39, 0.29) is 0 Å². The van der Waals surface area contributed by atoms with Crippen molar-refractivity contribution in [3.63, 3.8) is 0 Å². The van der Waals surface area contributed by atoms with Crippen LogP contribution >= 0.6 is 15.9 Å². The summed E-state index contributed by atoms with van der Waals surface area (Å²) in [5.41, 5.74) is 0. The Balaban J connectivity index is 2.33. The van der Waals surface area contributed by atoms with Gasteiger partial charge in [-0.1, -0.05) is 40.9 Å². The normalized spacial score (nSPS) is 27.5. The molecule has 1 heteroatoms. The Bertz CT molecular complexity index is 107. The molecule has 0 bridgehead atoms. The Morgan fingerprint density at radius 1 is 1.30 bits per heavy atom. The van der Waals surface area contributed by atoms with Crippen molar-refractivity contribution in [1.29, 1.82) is 0 Å². The first-order valence-electron chi connectivity index (χ1n) is 4.16. The molecule has 0 heterocycles. The molecule has 1 aliphatic rings. The Kier molecular flexibility index (Phi) is 4.12. The maximum atomic E-state index is 3.52. The zero-order valence-corrected chi connectivity index (χ0v) is 7.94. The van der Waals surface area contributed by atoms with Gasteiger partial charge in [0, 0.05) is 5.33 Å². The van der Waals surface area contributed by atoms with Crippen LogP contribution in [0.25, 0.3) is 0 Å². The zero-order valence-electron chi connectivity index (χ0n) is 6.35. The second-order valence-corrected chi connectivity index (χ2v) is 3.63. The van der Waals surface area contributed by atoms with Crippen LogP contribution < -0.4 is 0 Å². The Morgan fingerprint density at radius 2 is 2.20 bits per heavy atom. The molecule has 0 saturated heterocycles. The minimum absolute atomic E-state index is 0.806. The van der Waals surface area contributed by atoms with Gasteiger partial charge in [-0.2, -0.15) is 0 Å². The summed E-state index contributed by atoms with van der Waals surface area (Å²) < 4.78 is 0. The van der Waals surface area contributed by atoms with E-state index in [1.807, 2.05) is 0 Å². The lowest BCUT2D eigenvalue weighted by molar-refractivity contribution is 0.559. The van der Waals surface area contributed by atoms with Gasteiger partial charge in [-0.15, -0.1) is 0 Å². The highest BCUT2D eigenvalue weighted by Gasteiger charge is 2.03. The van der Waals surface area contributed by atoms with Crippen molar-refractivity contribution >= 4 is 15.9 Å². The van der Waals surface area contributed by atoms with E-state index < -0.39 is 0 Å². The smallest absolute Gasteiger partial charge is 0.00943 e. The molecule has 0 aromatic heterocycles. The number of hydrogen-bond acceptors (Lipinski definition) is 0. The number of hydrogen-bond donors (Lipinski definition) is 0. The molecule has 0 radical (unpaired) electrons. The van der Waals surface area contributed by atoms with Crippen LogP contribution in [0, 0.1) is 5.92 Å². The zero-order chi connectivity index (χ0) is 7.23. The van der Waals surface area contributed by atoms with Crippen LogP contribution in [0.2, 0.25) is 0 Å². The van der Waals surface area contributed by atoms with Crippen LogP contribution in [0.4, 0.5) is 0 Å². The van der Waals surface area contributed by atoms with Crippen LogP contribution in [-0.2, 0) is 0 Å². The number of rotatable bonds is 1. The van der Waals surface area contributed by atoms with Crippen molar-refractivity contribution in [2.45, 2.75) is 32.1 Å². The summed E-state index contributed by atoms with van der Waals surface area (Å²) in [7, 11) is 0. The summed E-state index contributed by atoms with van der Waals surface area (Å²) in [5, 5.41) is 1.14. The summed E-state index contributed by atoms with van der Waals surface area (Å²) in [6.07, 6.45) is 11.6. The second-order valence-electron chi connectivity index (χ2n) is 2.98. The summed E-state index contributed by atoms with van der Waals surface area (Å²) in [6, 6.07) is 0. The molecule has 0 fully saturated rings. The monoisotopic (exact) mass is 202 g/mol. The fraction of sp³-hybridized carbons (Fsp3) is 0.778. The molecule has 0 spiro atoms. The summed E-state index contributed by atoms with van der Waals surface area (Å²) in [4.78, 5) is 0. The van der Waals surface area contributed by atoms with Crippen molar-refractivity contribution in [2.75, 3.05) is 5.33 Å². The molecule has 0 aromatic rings. The molecular formula is C9H15Br. The van der Waals surface area contributed by atoms with Crippen LogP contribution in [0.1, 0.15) is 32.1 Å². The molecule has 0 saturated carbocycles. The third kappa shape index (κ3) is 2.87. The quantitative estimate of drug-likeness (QED) is 0.451. The molecule has 0 nitrogen and oxygen atoms in total. The van der Waals surface area contributed by atoms with Gasteiger partial charge >= 0.3 is 0 Å². The molecule has 10 heavy (non-hydrogen) atoms. The molecule has 1 atom stereocenters. The van der Waals surface area contributed by atoms with Gasteiger partial charge in [0.2, 0.25) is 0 Å². The Labute approximate surface area is 71.8 Å². The highest BCUT2D eigenvalue weighted by atomic mass is 79.9. The SMILES string of the molecule is BrCC1C=CCCCCC1. The van der Waals surface area contributed by atoms with Gasteiger partial charge in [0.1, 0.15) is 0 Å². The number of halogens is 1. The average molecular weight is 203 g/mol. The third-order valence-corrected chi connectivity index (χ3v) is 2.88. The van der Waals surface area contributed by atoms with Crippen molar-refractivity contribution in [2.24, 2.45) is 5.92 Å². The highest BCUT2D eigenvalue weighted by molar-refractivity contribution is 9.09. The first-order valence-corrected chi connectivity index (χ1v) is 5.28. The van der Waals surface area contributed by atoms with Gasteiger partial charge in [-0.3, -0.25) is 0 Å². The van der Waals surface area contributed by atoms with E-state index in [1.54, 1.807) is 0 Å². The Morgan fingerprint density at radius 3 is 3.00 bits per heavy atom. The first-order chi connectivity index (χ1) is 4.93. The molecule has 58 valence electrons. The van der Waals surface area contributed by atoms with Gasteiger partial charge in [0.05, 0.1) is 0 Å². The lowest BCUT2D eigenvalue weighted by Gasteiger charge is -2.10. The van der Waals surface area contributed by atoms with E-state index in [0.29, 0.717) is 0 Å². The van der Waals surface area contributed by atoms with Crippen LogP contribution in [0.5, 0.6) is 0 Å². The Hall–Kier alpha value is 0.220. The van der Waals surface area contributed by atoms with E-state index in [4.69, 9.17) is 0 Å². The standard InChI is InChI=1S/C9H15Br/c10-8-9-6-4-2-1-3-5-7-9/h4,6,9H,1-3,5,7-8H2. The number of allylic oxidation sites excluding steroid dienone is 2. The fourth-order valence-corrected chi connectivity index (χ4v) is 1.90. The average Bonchev–Trinajstić information content (AvgIpc) is 1.87. The van der Waals surface area contributed by atoms with E-state index in [9.17, 15) is 0 Å². The lowest BCUT2D eigenvalue weighted by Crippen LogP contribution is -1.99. The maximum absolute atomic E-state index is 3.52. The van der Waals surface area contributed by atoms with Gasteiger partial charge in [0.25, 0.3) is 0 Å². The summed E-state index contributed by atoms with van der Waals surface area (Å²) in [6.45, 7) is 0. The van der Waals surface area contributed by atoms with E-state index >= 15 is 0 Å². The molecule has 1 unspecified atom stereocenters. The summed E-state index contributed by atoms with van der Waals surface area (Å²) >= 11 is 3.52. The predicted molar refractivity (Wildman–Crippen MR) is 49.5 cm³/mol. The molecule has 1 aliphatic carbocycles. The van der Waals surface area contributed by atoms with E-state index in [0.717, 1.165) is 11.2 Å². The number of alkyl halides is 1. The minimum Gasteiger partial charge on any atom is -0.0922 e. The van der Waals surface area contributed by atoms with Crippen molar-refractivity contribution < 1.29 is 0 Å². The van der Waals surface area contributed by atoms with Gasteiger partial charge in [-0.05, 0) is 25.2 Å². The largest absolute Gasteiger partial charge is 0.0922 e. The molecule has 0 aromatic carbocycles. The highest BCUT2D eigenvalue weighted by Crippen LogP contribution is 2.18. The molecule has 0 aliphatic heterocycles. The topological polar surface area (TPSA) is 0 Å². The van der Waals surface area contributed by atoms with Gasteiger partial charge in [-0.25, -0.2) is 0 Å². The lowest BCUT2D eigenvalue weighted by atomic mass is 9.98. The second kappa shape index (κ2) is 4.95. The van der Waals surface area contributed by atoms with Gasteiger partial charge < -0.3 is 0 Å². The van der Waals surface area contributed by atoms with Crippen LogP contribution in [0.3, 0.4) is 0 Å². The van der Waals surface area contributed by atoms with Crippen molar-refractivity contribution in [3.8, 4) is 0 Å². The molecular weight excluding hydrogens is 188 g/mol. The maximum Gasteiger partial charge on any atom is 0.00943 e. The predicted octanol–water partition coefficient (Wildman–Crippen LogP) is 3.52. The summed E-state index contributed by atoms with van der Waals surface area (Å²) in [5.74, 6) is 0.806. The van der Waals surface area contributed by atoms with Crippen LogP contribution in [-0.4, -0.2) is 5.33 Å². The van der Waals surface area contributed by atoms with E-state index in [2.05, 4.69) is 28.1 Å². The molecule has 0 N–H and O–H groups in total. The molecule has 1 rings (SSSR count). The third-order valence-electron chi connectivity index (χ3n) is 2.05. The van der Waals surface area contributed by atoms with E-state index in [1.165, 1.54) is 32.1 Å². The van der Waals surface area contributed by atoms with Crippen molar-refractivity contribution in [1.82, 2.24) is 0 Å². The van der Waals surface area contributed by atoms with Crippen molar-refractivity contribution in [3.05, 3.63) is 12.2 Å². The van der Waals surface area contributed by atoms with Crippen LogP contribution in [0.15, 0.2) is 12.2 Å². The molecule has 0 amide bonds.